The highest BCUT2D eigenvalue weighted by Crippen LogP contribution is 2.24. The van der Waals surface area contributed by atoms with Crippen molar-refractivity contribution in [1.82, 2.24) is 9.80 Å². The van der Waals surface area contributed by atoms with Crippen LogP contribution in [0.2, 0.25) is 0 Å². The lowest BCUT2D eigenvalue weighted by molar-refractivity contribution is -0.136. The van der Waals surface area contributed by atoms with Crippen LogP contribution in [0.3, 0.4) is 0 Å². The zero-order valence-electron chi connectivity index (χ0n) is 13.7. The molecular weight excluding hydrogens is 326 g/mol. The lowest BCUT2D eigenvalue weighted by Gasteiger charge is -2.25. The molecule has 0 aromatic heterocycles. The van der Waals surface area contributed by atoms with Crippen LogP contribution in [0.15, 0.2) is 30.3 Å². The summed E-state index contributed by atoms with van der Waals surface area (Å²) in [6.45, 7) is 1.75. The molecule has 2 aliphatic heterocycles. The van der Waals surface area contributed by atoms with Crippen molar-refractivity contribution in [3.63, 3.8) is 0 Å². The van der Waals surface area contributed by atoms with Gasteiger partial charge in [0.15, 0.2) is 0 Å². The van der Waals surface area contributed by atoms with Crippen LogP contribution in [0.25, 0.3) is 0 Å². The van der Waals surface area contributed by atoms with Gasteiger partial charge in [-0.2, -0.15) is 0 Å². The Morgan fingerprint density at radius 1 is 1.25 bits per heavy atom. The second kappa shape index (κ2) is 7.25. The third-order valence-electron chi connectivity index (χ3n) is 4.55. The van der Waals surface area contributed by atoms with E-state index in [9.17, 15) is 14.4 Å². The summed E-state index contributed by atoms with van der Waals surface area (Å²) >= 11 is 1.29. The van der Waals surface area contributed by atoms with Crippen molar-refractivity contribution in [1.29, 1.82) is 0 Å². The molecule has 2 heterocycles. The van der Waals surface area contributed by atoms with Crippen LogP contribution in [0, 0.1) is 0 Å². The Morgan fingerprint density at radius 3 is 2.67 bits per heavy atom. The molecule has 24 heavy (non-hydrogen) atoms. The molecule has 0 N–H and O–H groups in total. The number of hydrogen-bond donors (Lipinski definition) is 0. The van der Waals surface area contributed by atoms with Crippen LogP contribution < -0.4 is 4.90 Å². The predicted molar refractivity (Wildman–Crippen MR) is 94.0 cm³/mol. The van der Waals surface area contributed by atoms with Crippen molar-refractivity contribution < 1.29 is 14.4 Å². The number of carbonyl (C=O) groups excluding carboxylic acids is 3. The van der Waals surface area contributed by atoms with Gasteiger partial charge in [0, 0.05) is 44.5 Å². The Labute approximate surface area is 145 Å². The van der Waals surface area contributed by atoms with Crippen LogP contribution >= 0.6 is 11.8 Å². The van der Waals surface area contributed by atoms with Gasteiger partial charge in [-0.1, -0.05) is 30.0 Å². The third kappa shape index (κ3) is 3.40. The molecule has 0 bridgehead atoms. The van der Waals surface area contributed by atoms with Gasteiger partial charge in [0.1, 0.15) is 6.04 Å². The number of hydrogen-bond acceptors (Lipinski definition) is 4. The molecule has 0 aliphatic carbocycles. The van der Waals surface area contributed by atoms with Crippen molar-refractivity contribution in [2.24, 2.45) is 0 Å². The number of thioether (sulfide) groups is 1. The van der Waals surface area contributed by atoms with Crippen LogP contribution in [0.1, 0.15) is 12.8 Å². The highest BCUT2D eigenvalue weighted by Gasteiger charge is 2.37. The number of amides is 3. The van der Waals surface area contributed by atoms with Gasteiger partial charge in [0.05, 0.1) is 0 Å². The molecule has 1 aromatic rings. The van der Waals surface area contributed by atoms with Crippen LogP contribution in [0.5, 0.6) is 0 Å². The summed E-state index contributed by atoms with van der Waals surface area (Å²) in [4.78, 5) is 41.6. The normalized spacial score (nSPS) is 20.8. The minimum atomic E-state index is -0.415. The fourth-order valence-corrected chi connectivity index (χ4v) is 3.95. The molecule has 3 amide bonds. The van der Waals surface area contributed by atoms with Crippen molar-refractivity contribution in [2.45, 2.75) is 18.9 Å². The van der Waals surface area contributed by atoms with Crippen LogP contribution in [0.4, 0.5) is 10.5 Å². The minimum absolute atomic E-state index is 0.0372. The number of carbonyl (C=O) groups is 3. The molecule has 1 unspecified atom stereocenters. The van der Waals surface area contributed by atoms with Gasteiger partial charge in [0.2, 0.25) is 11.8 Å². The smallest absolute Gasteiger partial charge is 0.281 e. The summed E-state index contributed by atoms with van der Waals surface area (Å²) in [5.41, 5.74) is 0.866. The standard InChI is InChI=1S/C17H21N3O3S/c1-18(15(21)8-9-19-11-12-24-17(19)23)14-7-10-20(16(14)22)13-5-3-2-4-6-13/h2-6,14H,7-12H2,1H3. The highest BCUT2D eigenvalue weighted by atomic mass is 32.2. The van der Waals surface area contributed by atoms with Gasteiger partial charge in [-0.25, -0.2) is 0 Å². The van der Waals surface area contributed by atoms with Crippen molar-refractivity contribution in [2.75, 3.05) is 37.3 Å². The molecule has 1 aromatic carbocycles. The average molecular weight is 347 g/mol. The van der Waals surface area contributed by atoms with Crippen molar-refractivity contribution in [3.05, 3.63) is 30.3 Å². The fourth-order valence-electron chi connectivity index (χ4n) is 3.10. The molecular formula is C17H21N3O3S. The zero-order chi connectivity index (χ0) is 17.1. The fraction of sp³-hybridized carbons (Fsp3) is 0.471. The monoisotopic (exact) mass is 347 g/mol. The number of nitrogens with zero attached hydrogens (tertiary/aromatic N) is 3. The lowest BCUT2D eigenvalue weighted by Crippen LogP contribution is -2.43. The molecule has 7 heteroatoms. The van der Waals surface area contributed by atoms with Crippen LogP contribution in [-0.4, -0.2) is 65.3 Å². The first-order chi connectivity index (χ1) is 11.6. The number of anilines is 1. The number of likely N-dealkylation sites (N-methyl/N-ethyl adjacent to an activating group) is 1. The van der Waals surface area contributed by atoms with Crippen molar-refractivity contribution in [3.8, 4) is 0 Å². The molecule has 3 rings (SSSR count). The molecule has 0 spiro atoms. The van der Waals surface area contributed by atoms with E-state index in [1.54, 1.807) is 21.7 Å². The highest BCUT2D eigenvalue weighted by molar-refractivity contribution is 8.13. The van der Waals surface area contributed by atoms with E-state index in [1.165, 1.54) is 11.8 Å². The molecule has 128 valence electrons. The Balaban J connectivity index is 1.57. The molecule has 2 saturated heterocycles. The minimum Gasteiger partial charge on any atom is -0.334 e. The van der Waals surface area contributed by atoms with Gasteiger partial charge in [-0.15, -0.1) is 0 Å². The van der Waals surface area contributed by atoms with Crippen LogP contribution in [-0.2, 0) is 9.59 Å². The quantitative estimate of drug-likeness (QED) is 0.815. The van der Waals surface area contributed by atoms with E-state index in [-0.39, 0.29) is 23.5 Å². The molecule has 0 radical (unpaired) electrons. The zero-order valence-corrected chi connectivity index (χ0v) is 14.5. The second-order valence-electron chi connectivity index (χ2n) is 5.99. The molecule has 2 fully saturated rings. The summed E-state index contributed by atoms with van der Waals surface area (Å²) in [5, 5.41) is 0.0395. The van der Waals surface area contributed by atoms with Crippen molar-refractivity contribution >= 4 is 34.5 Å². The summed E-state index contributed by atoms with van der Waals surface area (Å²) in [6.07, 6.45) is 0.895. The summed E-state index contributed by atoms with van der Waals surface area (Å²) in [5.74, 6) is 0.661. The average Bonchev–Trinajstić information content (AvgIpc) is 3.18. The van der Waals surface area contributed by atoms with E-state index >= 15 is 0 Å². The first-order valence-electron chi connectivity index (χ1n) is 8.11. The second-order valence-corrected chi connectivity index (χ2v) is 7.03. The molecule has 2 aliphatic rings. The van der Waals surface area contributed by atoms with E-state index in [2.05, 4.69) is 0 Å². The maximum Gasteiger partial charge on any atom is 0.281 e. The largest absolute Gasteiger partial charge is 0.334 e. The number of rotatable bonds is 5. The van der Waals surface area contributed by atoms with Gasteiger partial charge in [-0.3, -0.25) is 14.4 Å². The Morgan fingerprint density at radius 2 is 2.00 bits per heavy atom. The van der Waals surface area contributed by atoms with E-state index in [4.69, 9.17) is 0 Å². The van der Waals surface area contributed by atoms with Gasteiger partial charge in [-0.05, 0) is 18.6 Å². The Hall–Kier alpha value is -2.02. The summed E-state index contributed by atoms with van der Waals surface area (Å²) < 4.78 is 0. The summed E-state index contributed by atoms with van der Waals surface area (Å²) in [7, 11) is 1.68. The predicted octanol–water partition coefficient (Wildman–Crippen LogP) is 1.81. The SMILES string of the molecule is CN(C(=O)CCN1CCSC1=O)C1CCN(c2ccccc2)C1=O. The third-order valence-corrected chi connectivity index (χ3v) is 5.44. The summed E-state index contributed by atoms with van der Waals surface area (Å²) in [6, 6.07) is 9.10. The first kappa shape index (κ1) is 16.8. The lowest BCUT2D eigenvalue weighted by atomic mass is 10.2. The molecule has 0 saturated carbocycles. The first-order valence-corrected chi connectivity index (χ1v) is 9.10. The van der Waals surface area contributed by atoms with Gasteiger partial charge < -0.3 is 14.7 Å². The number of para-hydroxylation sites is 1. The van der Waals surface area contributed by atoms with E-state index in [0.717, 1.165) is 11.4 Å². The van der Waals surface area contributed by atoms with E-state index in [0.29, 0.717) is 26.1 Å². The number of benzene rings is 1. The molecule has 6 nitrogen and oxygen atoms in total. The van der Waals surface area contributed by atoms with E-state index < -0.39 is 6.04 Å². The Bertz CT molecular complexity index is 637. The Kier molecular flexibility index (Phi) is 5.08. The van der Waals surface area contributed by atoms with E-state index in [1.807, 2.05) is 30.3 Å². The topological polar surface area (TPSA) is 60.9 Å². The maximum absolute atomic E-state index is 12.6. The molecule has 1 atom stereocenters. The maximum atomic E-state index is 12.6. The van der Waals surface area contributed by atoms with Gasteiger partial charge in [0.25, 0.3) is 5.24 Å². The van der Waals surface area contributed by atoms with Gasteiger partial charge >= 0.3 is 0 Å².